The van der Waals surface area contributed by atoms with Crippen molar-refractivity contribution in [1.82, 2.24) is 10.6 Å². The zero-order valence-electron chi connectivity index (χ0n) is 15.2. The fourth-order valence-electron chi connectivity index (χ4n) is 3.15. The van der Waals surface area contributed by atoms with Crippen LogP contribution in [0, 0.1) is 11.6 Å². The maximum Gasteiger partial charge on any atom is 0.319 e. The molecule has 148 valence electrons. The number of benzene rings is 2. The minimum Gasteiger partial charge on any atom is -0.335 e. The van der Waals surface area contributed by atoms with Crippen molar-refractivity contribution in [1.29, 1.82) is 0 Å². The van der Waals surface area contributed by atoms with Gasteiger partial charge in [-0.3, -0.25) is 0 Å². The Bertz CT molecular complexity index is 734. The number of anilines is 2. The number of urea groups is 2. The van der Waals surface area contributed by atoms with Crippen LogP contribution in [0.1, 0.15) is 25.7 Å². The zero-order valence-corrected chi connectivity index (χ0v) is 15.2. The van der Waals surface area contributed by atoms with Crippen LogP contribution in [0.4, 0.5) is 29.7 Å². The first kappa shape index (κ1) is 19.6. The van der Waals surface area contributed by atoms with Crippen molar-refractivity contribution in [3.8, 4) is 0 Å². The maximum absolute atomic E-state index is 12.9. The molecule has 0 bridgehead atoms. The number of carbonyl (C=O) groups is 2. The molecule has 4 amide bonds. The van der Waals surface area contributed by atoms with Gasteiger partial charge in [0.1, 0.15) is 11.6 Å². The van der Waals surface area contributed by atoms with Gasteiger partial charge in [-0.15, -0.1) is 0 Å². The molecule has 4 N–H and O–H groups in total. The molecular weight excluding hydrogens is 366 g/mol. The molecule has 1 aliphatic rings. The van der Waals surface area contributed by atoms with E-state index in [0.717, 1.165) is 25.7 Å². The first-order valence-electron chi connectivity index (χ1n) is 9.14. The number of halogens is 2. The summed E-state index contributed by atoms with van der Waals surface area (Å²) in [6.45, 7) is 0. The second-order valence-electron chi connectivity index (χ2n) is 6.76. The normalized spacial score (nSPS) is 18.8. The lowest BCUT2D eigenvalue weighted by Crippen LogP contribution is -2.45. The average molecular weight is 388 g/mol. The summed E-state index contributed by atoms with van der Waals surface area (Å²) in [7, 11) is 0. The van der Waals surface area contributed by atoms with E-state index in [9.17, 15) is 18.4 Å². The van der Waals surface area contributed by atoms with Crippen LogP contribution >= 0.6 is 0 Å². The number of hydrogen-bond donors (Lipinski definition) is 4. The molecule has 3 rings (SSSR count). The Balaban J connectivity index is 1.37. The highest BCUT2D eigenvalue weighted by molar-refractivity contribution is 5.90. The van der Waals surface area contributed by atoms with Crippen LogP contribution in [0.5, 0.6) is 0 Å². The predicted molar refractivity (Wildman–Crippen MR) is 103 cm³/mol. The number of rotatable bonds is 4. The van der Waals surface area contributed by atoms with Crippen molar-refractivity contribution < 1.29 is 18.4 Å². The lowest BCUT2D eigenvalue weighted by atomic mass is 9.91. The SMILES string of the molecule is O=C(Nc1ccc(F)cc1)NC1CCC(NC(=O)Nc2ccc(F)cc2)CC1. The van der Waals surface area contributed by atoms with Crippen LogP contribution in [-0.4, -0.2) is 24.1 Å². The Labute approximate surface area is 161 Å². The van der Waals surface area contributed by atoms with Gasteiger partial charge in [-0.05, 0) is 74.2 Å². The van der Waals surface area contributed by atoms with E-state index in [0.29, 0.717) is 11.4 Å². The van der Waals surface area contributed by atoms with Crippen molar-refractivity contribution >= 4 is 23.4 Å². The molecule has 2 aromatic carbocycles. The summed E-state index contributed by atoms with van der Waals surface area (Å²) in [6, 6.07) is 10.5. The Kier molecular flexibility index (Phi) is 6.41. The van der Waals surface area contributed by atoms with Gasteiger partial charge < -0.3 is 21.3 Å². The summed E-state index contributed by atoms with van der Waals surface area (Å²) in [5.41, 5.74) is 1.04. The molecule has 1 aliphatic carbocycles. The molecule has 0 aliphatic heterocycles. The molecule has 0 atom stereocenters. The van der Waals surface area contributed by atoms with E-state index in [-0.39, 0.29) is 35.8 Å². The van der Waals surface area contributed by atoms with Crippen LogP contribution in [0.3, 0.4) is 0 Å². The van der Waals surface area contributed by atoms with Crippen molar-refractivity contribution in [3.05, 3.63) is 60.2 Å². The molecule has 1 fully saturated rings. The molecule has 0 aromatic heterocycles. The minimum absolute atomic E-state index is 0.0126. The highest BCUT2D eigenvalue weighted by Gasteiger charge is 2.23. The van der Waals surface area contributed by atoms with Crippen LogP contribution in [0.15, 0.2) is 48.5 Å². The van der Waals surface area contributed by atoms with Crippen molar-refractivity contribution in [2.24, 2.45) is 0 Å². The van der Waals surface area contributed by atoms with Gasteiger partial charge in [-0.2, -0.15) is 0 Å². The third-order valence-corrected chi connectivity index (χ3v) is 4.60. The number of amides is 4. The topological polar surface area (TPSA) is 82.3 Å². The van der Waals surface area contributed by atoms with Crippen LogP contribution in [-0.2, 0) is 0 Å². The lowest BCUT2D eigenvalue weighted by Gasteiger charge is -2.29. The molecule has 0 spiro atoms. The van der Waals surface area contributed by atoms with Crippen molar-refractivity contribution in [2.45, 2.75) is 37.8 Å². The Morgan fingerprint density at radius 1 is 0.643 bits per heavy atom. The van der Waals surface area contributed by atoms with Crippen LogP contribution in [0.25, 0.3) is 0 Å². The van der Waals surface area contributed by atoms with Crippen LogP contribution in [0.2, 0.25) is 0 Å². The number of hydrogen-bond acceptors (Lipinski definition) is 2. The summed E-state index contributed by atoms with van der Waals surface area (Å²) < 4.78 is 25.8. The Morgan fingerprint density at radius 3 is 1.29 bits per heavy atom. The molecule has 0 saturated heterocycles. The Hall–Kier alpha value is -3.16. The molecule has 0 unspecified atom stereocenters. The second-order valence-corrected chi connectivity index (χ2v) is 6.76. The van der Waals surface area contributed by atoms with Crippen molar-refractivity contribution in [3.63, 3.8) is 0 Å². The van der Waals surface area contributed by atoms with Gasteiger partial charge in [0.05, 0.1) is 0 Å². The van der Waals surface area contributed by atoms with E-state index < -0.39 is 0 Å². The highest BCUT2D eigenvalue weighted by atomic mass is 19.1. The third-order valence-electron chi connectivity index (χ3n) is 4.60. The average Bonchev–Trinajstić information content (AvgIpc) is 2.67. The van der Waals surface area contributed by atoms with Gasteiger partial charge >= 0.3 is 12.1 Å². The quantitative estimate of drug-likeness (QED) is 0.633. The van der Waals surface area contributed by atoms with E-state index in [4.69, 9.17) is 0 Å². The summed E-state index contributed by atoms with van der Waals surface area (Å²) in [5, 5.41) is 11.1. The van der Waals surface area contributed by atoms with E-state index >= 15 is 0 Å². The summed E-state index contributed by atoms with van der Waals surface area (Å²) in [4.78, 5) is 24.1. The molecule has 0 radical (unpaired) electrons. The second kappa shape index (κ2) is 9.16. The zero-order chi connectivity index (χ0) is 19.9. The van der Waals surface area contributed by atoms with Gasteiger partial charge in [0.25, 0.3) is 0 Å². The Morgan fingerprint density at radius 2 is 0.964 bits per heavy atom. The number of carbonyl (C=O) groups excluding carboxylic acids is 2. The van der Waals surface area contributed by atoms with Gasteiger partial charge in [-0.25, -0.2) is 18.4 Å². The molecular formula is C20H22F2N4O2. The fourth-order valence-corrected chi connectivity index (χ4v) is 3.15. The van der Waals surface area contributed by atoms with Gasteiger partial charge in [-0.1, -0.05) is 0 Å². The third kappa shape index (κ3) is 5.94. The van der Waals surface area contributed by atoms with Crippen LogP contribution < -0.4 is 21.3 Å². The molecule has 8 heteroatoms. The molecule has 2 aromatic rings. The molecule has 1 saturated carbocycles. The number of nitrogens with one attached hydrogen (secondary N) is 4. The van der Waals surface area contributed by atoms with E-state index in [1.165, 1.54) is 48.5 Å². The van der Waals surface area contributed by atoms with E-state index in [2.05, 4.69) is 21.3 Å². The molecule has 28 heavy (non-hydrogen) atoms. The highest BCUT2D eigenvalue weighted by Crippen LogP contribution is 2.19. The summed E-state index contributed by atoms with van der Waals surface area (Å²) >= 11 is 0. The van der Waals surface area contributed by atoms with E-state index in [1.54, 1.807) is 0 Å². The van der Waals surface area contributed by atoms with E-state index in [1.807, 2.05) is 0 Å². The predicted octanol–water partition coefficient (Wildman–Crippen LogP) is 4.22. The van der Waals surface area contributed by atoms with Gasteiger partial charge in [0.2, 0.25) is 0 Å². The summed E-state index contributed by atoms with van der Waals surface area (Å²) in [6.07, 6.45) is 2.94. The van der Waals surface area contributed by atoms with Crippen molar-refractivity contribution in [2.75, 3.05) is 10.6 Å². The van der Waals surface area contributed by atoms with Gasteiger partial charge in [0, 0.05) is 23.5 Å². The maximum atomic E-state index is 12.9. The summed E-state index contributed by atoms with van der Waals surface area (Å²) in [5.74, 6) is -0.722. The molecule has 0 heterocycles. The fraction of sp³-hybridized carbons (Fsp3) is 0.300. The first-order valence-corrected chi connectivity index (χ1v) is 9.14. The minimum atomic E-state index is -0.361. The lowest BCUT2D eigenvalue weighted by molar-refractivity contribution is 0.233. The monoisotopic (exact) mass is 388 g/mol. The standard InChI is InChI=1S/C20H22F2N4O2/c21-13-1-5-15(6-2-13)23-19(27)25-17-9-11-18(12-10-17)26-20(28)24-16-7-3-14(22)4-8-16/h1-8,17-18H,9-12H2,(H2,23,25,27)(H2,24,26,28). The first-order chi connectivity index (χ1) is 13.5. The largest absolute Gasteiger partial charge is 0.335 e. The smallest absolute Gasteiger partial charge is 0.319 e. The van der Waals surface area contributed by atoms with Gasteiger partial charge in [0.15, 0.2) is 0 Å². The molecule has 6 nitrogen and oxygen atoms in total.